The van der Waals surface area contributed by atoms with Gasteiger partial charge in [-0.3, -0.25) is 9.59 Å². The Labute approximate surface area is 71.7 Å². The number of carbonyl (C=O) groups excluding carboxylic acids is 2. The Kier molecular flexibility index (Phi) is 3.57. The molecular weight excluding hydrogens is 156 g/mol. The summed E-state index contributed by atoms with van der Waals surface area (Å²) in [5, 5.41) is 5.27. The fourth-order valence-electron chi connectivity index (χ4n) is 1.14. The van der Waals surface area contributed by atoms with Crippen LogP contribution >= 0.6 is 0 Å². The minimum Gasteiger partial charge on any atom is -0.355 e. The summed E-state index contributed by atoms with van der Waals surface area (Å²) < 4.78 is 0. The molecule has 68 valence electrons. The summed E-state index contributed by atoms with van der Waals surface area (Å²) in [7, 11) is 0. The van der Waals surface area contributed by atoms with Crippen molar-refractivity contribution >= 4 is 11.8 Å². The van der Waals surface area contributed by atoms with E-state index >= 15 is 0 Å². The largest absolute Gasteiger partial charge is 0.355 e. The first kappa shape index (κ1) is 9.03. The normalized spacial score (nSPS) is 21.0. The van der Waals surface area contributed by atoms with E-state index < -0.39 is 0 Å². The van der Waals surface area contributed by atoms with Gasteiger partial charge in [0.1, 0.15) is 0 Å². The lowest BCUT2D eigenvalue weighted by Gasteiger charge is -2.09. The van der Waals surface area contributed by atoms with Gasteiger partial charge in [-0.05, 0) is 12.8 Å². The fourth-order valence-corrected chi connectivity index (χ4v) is 1.14. The molecule has 1 fully saturated rings. The van der Waals surface area contributed by atoms with Gasteiger partial charge >= 0.3 is 0 Å². The van der Waals surface area contributed by atoms with Crippen molar-refractivity contribution in [1.82, 2.24) is 10.6 Å². The summed E-state index contributed by atoms with van der Waals surface area (Å²) in [4.78, 5) is 21.9. The maximum atomic E-state index is 11.0. The SMILES string of the molecule is O=C1CCCCCNC(=O)CN1. The fraction of sp³-hybridized carbons (Fsp3) is 0.750. The van der Waals surface area contributed by atoms with Crippen LogP contribution in [0.4, 0.5) is 0 Å². The first-order chi connectivity index (χ1) is 5.79. The van der Waals surface area contributed by atoms with Gasteiger partial charge in [0, 0.05) is 13.0 Å². The highest BCUT2D eigenvalue weighted by Crippen LogP contribution is 1.99. The molecule has 4 nitrogen and oxygen atoms in total. The topological polar surface area (TPSA) is 58.2 Å². The maximum absolute atomic E-state index is 11.0. The van der Waals surface area contributed by atoms with Gasteiger partial charge in [0.25, 0.3) is 0 Å². The molecule has 4 heteroatoms. The first-order valence-electron chi connectivity index (χ1n) is 4.32. The lowest BCUT2D eigenvalue weighted by molar-refractivity contribution is -0.126. The van der Waals surface area contributed by atoms with Crippen molar-refractivity contribution in [1.29, 1.82) is 0 Å². The highest BCUT2D eigenvalue weighted by molar-refractivity contribution is 5.84. The average Bonchev–Trinajstić information content (AvgIpc) is 2.07. The molecule has 0 atom stereocenters. The summed E-state index contributed by atoms with van der Waals surface area (Å²) >= 11 is 0. The van der Waals surface area contributed by atoms with Gasteiger partial charge in [0.05, 0.1) is 6.54 Å². The summed E-state index contributed by atoms with van der Waals surface area (Å²) in [6.07, 6.45) is 3.45. The number of nitrogens with one attached hydrogen (secondary N) is 2. The molecule has 2 amide bonds. The number of amides is 2. The van der Waals surface area contributed by atoms with Crippen LogP contribution < -0.4 is 10.6 Å². The second-order valence-corrected chi connectivity index (χ2v) is 2.94. The van der Waals surface area contributed by atoms with Crippen LogP contribution in [0.2, 0.25) is 0 Å². The Hall–Kier alpha value is -1.06. The summed E-state index contributed by atoms with van der Waals surface area (Å²) in [6, 6.07) is 0. The van der Waals surface area contributed by atoms with Crippen molar-refractivity contribution in [3.05, 3.63) is 0 Å². The third-order valence-electron chi connectivity index (χ3n) is 1.85. The average molecular weight is 170 g/mol. The van der Waals surface area contributed by atoms with Gasteiger partial charge < -0.3 is 10.6 Å². The minimum absolute atomic E-state index is 0.0212. The van der Waals surface area contributed by atoms with Crippen LogP contribution in [-0.2, 0) is 9.59 Å². The van der Waals surface area contributed by atoms with E-state index in [0.29, 0.717) is 6.42 Å². The molecular formula is C8H14N2O2. The molecule has 0 aliphatic carbocycles. The number of hydrogen-bond donors (Lipinski definition) is 2. The molecule has 1 aliphatic rings. The van der Waals surface area contributed by atoms with E-state index in [2.05, 4.69) is 10.6 Å². The first-order valence-corrected chi connectivity index (χ1v) is 4.32. The van der Waals surface area contributed by atoms with E-state index in [4.69, 9.17) is 0 Å². The number of carbonyl (C=O) groups is 2. The molecule has 0 aromatic carbocycles. The van der Waals surface area contributed by atoms with Crippen molar-refractivity contribution in [3.63, 3.8) is 0 Å². The van der Waals surface area contributed by atoms with Crippen molar-refractivity contribution in [2.45, 2.75) is 25.7 Å². The molecule has 2 N–H and O–H groups in total. The molecule has 0 radical (unpaired) electrons. The van der Waals surface area contributed by atoms with Gasteiger partial charge in [0.2, 0.25) is 11.8 Å². The standard InChI is InChI=1S/C8H14N2O2/c11-7-4-2-1-3-5-9-8(12)6-10-7/h1-6H2,(H,9,12)(H,10,11). The smallest absolute Gasteiger partial charge is 0.239 e. The van der Waals surface area contributed by atoms with E-state index in [1.165, 1.54) is 0 Å². The highest BCUT2D eigenvalue weighted by atomic mass is 16.2. The maximum Gasteiger partial charge on any atom is 0.239 e. The van der Waals surface area contributed by atoms with Gasteiger partial charge in [-0.1, -0.05) is 6.42 Å². The molecule has 0 spiro atoms. The molecule has 1 heterocycles. The molecule has 0 aromatic heterocycles. The van der Waals surface area contributed by atoms with Gasteiger partial charge in [-0.2, -0.15) is 0 Å². The zero-order valence-corrected chi connectivity index (χ0v) is 7.06. The van der Waals surface area contributed by atoms with Crippen LogP contribution in [0.5, 0.6) is 0 Å². The Morgan fingerprint density at radius 1 is 0.917 bits per heavy atom. The summed E-state index contributed by atoms with van der Waals surface area (Å²) in [5.41, 5.74) is 0. The van der Waals surface area contributed by atoms with E-state index in [1.807, 2.05) is 0 Å². The molecule has 0 aromatic rings. The molecule has 1 saturated heterocycles. The monoisotopic (exact) mass is 170 g/mol. The van der Waals surface area contributed by atoms with E-state index in [9.17, 15) is 9.59 Å². The molecule has 1 aliphatic heterocycles. The van der Waals surface area contributed by atoms with E-state index in [1.54, 1.807) is 0 Å². The molecule has 1 rings (SSSR count). The summed E-state index contributed by atoms with van der Waals surface area (Å²) in [5.74, 6) is -0.114. The van der Waals surface area contributed by atoms with Crippen molar-refractivity contribution in [2.75, 3.05) is 13.1 Å². The second kappa shape index (κ2) is 4.74. The van der Waals surface area contributed by atoms with Crippen LogP contribution in [0.15, 0.2) is 0 Å². The van der Waals surface area contributed by atoms with Crippen LogP contribution in [0, 0.1) is 0 Å². The number of rotatable bonds is 0. The van der Waals surface area contributed by atoms with Crippen molar-refractivity contribution in [2.24, 2.45) is 0 Å². The van der Waals surface area contributed by atoms with Gasteiger partial charge in [-0.25, -0.2) is 0 Å². The van der Waals surface area contributed by atoms with Gasteiger partial charge in [0.15, 0.2) is 0 Å². The highest BCUT2D eigenvalue weighted by Gasteiger charge is 2.06. The Morgan fingerprint density at radius 2 is 1.75 bits per heavy atom. The third-order valence-corrected chi connectivity index (χ3v) is 1.85. The molecule has 0 bridgehead atoms. The molecule has 0 unspecified atom stereocenters. The van der Waals surface area contributed by atoms with E-state index in [-0.39, 0.29) is 18.4 Å². The Bertz CT molecular complexity index is 160. The zero-order chi connectivity index (χ0) is 8.81. The Morgan fingerprint density at radius 3 is 2.58 bits per heavy atom. The minimum atomic E-state index is -0.0924. The van der Waals surface area contributed by atoms with Crippen LogP contribution in [0.25, 0.3) is 0 Å². The predicted molar refractivity (Wildman–Crippen MR) is 44.5 cm³/mol. The predicted octanol–water partition coefficient (Wildman–Crippen LogP) is -0.207. The number of hydrogen-bond acceptors (Lipinski definition) is 2. The molecule has 12 heavy (non-hydrogen) atoms. The Balaban J connectivity index is 2.32. The lowest BCUT2D eigenvalue weighted by Crippen LogP contribution is -2.37. The van der Waals surface area contributed by atoms with Crippen LogP contribution in [0.1, 0.15) is 25.7 Å². The van der Waals surface area contributed by atoms with Crippen LogP contribution in [0.3, 0.4) is 0 Å². The van der Waals surface area contributed by atoms with Crippen molar-refractivity contribution in [3.8, 4) is 0 Å². The van der Waals surface area contributed by atoms with E-state index in [0.717, 1.165) is 25.8 Å². The quantitative estimate of drug-likeness (QED) is 0.528. The summed E-state index contributed by atoms with van der Waals surface area (Å²) in [6.45, 7) is 0.855. The lowest BCUT2D eigenvalue weighted by atomic mass is 10.2. The van der Waals surface area contributed by atoms with Crippen LogP contribution in [-0.4, -0.2) is 24.9 Å². The van der Waals surface area contributed by atoms with Gasteiger partial charge in [-0.15, -0.1) is 0 Å². The second-order valence-electron chi connectivity index (χ2n) is 2.94. The molecule has 0 saturated carbocycles. The van der Waals surface area contributed by atoms with Crippen molar-refractivity contribution < 1.29 is 9.59 Å². The zero-order valence-electron chi connectivity index (χ0n) is 7.06. The third kappa shape index (κ3) is 3.37.